The molecule has 1 saturated heterocycles. The van der Waals surface area contributed by atoms with Gasteiger partial charge >= 0.3 is 0 Å². The molecule has 2 N–H and O–H groups in total. The molecule has 0 aliphatic carbocycles. The number of piperazine rings is 1. The van der Waals surface area contributed by atoms with Crippen LogP contribution in [0.3, 0.4) is 0 Å². The van der Waals surface area contributed by atoms with Crippen LogP contribution in [-0.4, -0.2) is 74.7 Å². The summed E-state index contributed by atoms with van der Waals surface area (Å²) in [7, 11) is -3.44. The Morgan fingerprint density at radius 2 is 1.96 bits per heavy atom. The Hall–Kier alpha value is -1.49. The van der Waals surface area contributed by atoms with Gasteiger partial charge < -0.3 is 10.6 Å². The smallest absolute Gasteiger partial charge is 0.252 e. The van der Waals surface area contributed by atoms with E-state index in [4.69, 9.17) is 0 Å². The van der Waals surface area contributed by atoms with E-state index in [1.165, 1.54) is 15.6 Å². The van der Waals surface area contributed by atoms with Gasteiger partial charge in [0.15, 0.2) is 0 Å². The molecule has 25 heavy (non-hydrogen) atoms. The zero-order valence-corrected chi connectivity index (χ0v) is 16.0. The van der Waals surface area contributed by atoms with Crippen molar-refractivity contribution in [2.45, 2.75) is 24.1 Å². The third kappa shape index (κ3) is 5.24. The van der Waals surface area contributed by atoms with E-state index in [-0.39, 0.29) is 18.4 Å². The molecule has 140 valence electrons. The van der Waals surface area contributed by atoms with Crippen molar-refractivity contribution in [2.24, 2.45) is 0 Å². The number of nitrogens with one attached hydrogen (secondary N) is 2. The van der Waals surface area contributed by atoms with Crippen LogP contribution in [0.1, 0.15) is 13.8 Å². The molecule has 0 aromatic carbocycles. The number of amides is 2. The number of likely N-dealkylation sites (N-methyl/N-ethyl adjacent to an activating group) is 1. The first-order chi connectivity index (χ1) is 11.8. The van der Waals surface area contributed by atoms with Crippen LogP contribution in [0.25, 0.3) is 0 Å². The molecule has 1 aromatic rings. The van der Waals surface area contributed by atoms with Gasteiger partial charge in [0, 0.05) is 32.7 Å². The van der Waals surface area contributed by atoms with Gasteiger partial charge in [-0.25, -0.2) is 8.42 Å². The lowest BCUT2D eigenvalue weighted by Gasteiger charge is -2.33. The van der Waals surface area contributed by atoms with Crippen LogP contribution in [0.5, 0.6) is 0 Å². The highest BCUT2D eigenvalue weighted by molar-refractivity contribution is 7.91. The summed E-state index contributed by atoms with van der Waals surface area (Å²) >= 11 is 1.20. The molecular weight excluding hydrogens is 364 g/mol. The topological polar surface area (TPSA) is 98.8 Å². The molecule has 8 nitrogen and oxygen atoms in total. The van der Waals surface area contributed by atoms with Gasteiger partial charge in [-0.1, -0.05) is 6.07 Å². The molecule has 10 heteroatoms. The van der Waals surface area contributed by atoms with Crippen molar-refractivity contribution in [3.63, 3.8) is 0 Å². The fourth-order valence-electron chi connectivity index (χ4n) is 2.55. The molecule has 0 spiro atoms. The van der Waals surface area contributed by atoms with Gasteiger partial charge in [0.1, 0.15) is 10.3 Å². The van der Waals surface area contributed by atoms with Gasteiger partial charge in [-0.15, -0.1) is 11.3 Å². The summed E-state index contributed by atoms with van der Waals surface area (Å²) in [6.45, 7) is 5.76. The second-order valence-corrected chi connectivity index (χ2v) is 8.91. The monoisotopic (exact) mass is 388 g/mol. The van der Waals surface area contributed by atoms with Crippen molar-refractivity contribution in [1.82, 2.24) is 19.8 Å². The first-order valence-corrected chi connectivity index (χ1v) is 10.5. The van der Waals surface area contributed by atoms with Crippen LogP contribution >= 0.6 is 11.3 Å². The Bertz CT molecular complexity index is 682. The molecule has 0 radical (unpaired) electrons. The first kappa shape index (κ1) is 19.8. The number of hydrogen-bond acceptors (Lipinski definition) is 6. The van der Waals surface area contributed by atoms with Crippen LogP contribution in [0.15, 0.2) is 21.7 Å². The van der Waals surface area contributed by atoms with E-state index in [0.29, 0.717) is 36.9 Å². The van der Waals surface area contributed by atoms with Crippen LogP contribution in [0, 0.1) is 0 Å². The van der Waals surface area contributed by atoms with Crippen LogP contribution in [-0.2, 0) is 19.6 Å². The van der Waals surface area contributed by atoms with Crippen LogP contribution in [0.2, 0.25) is 0 Å². The molecule has 1 aromatic heterocycles. The Morgan fingerprint density at radius 3 is 2.52 bits per heavy atom. The minimum absolute atomic E-state index is 0.149. The fourth-order valence-corrected chi connectivity index (χ4v) is 5.12. The molecule has 1 fully saturated rings. The van der Waals surface area contributed by atoms with Gasteiger partial charge in [-0.05, 0) is 25.3 Å². The lowest BCUT2D eigenvalue weighted by atomic mass is 10.3. The molecule has 0 saturated carbocycles. The maximum absolute atomic E-state index is 12.5. The zero-order valence-electron chi connectivity index (χ0n) is 14.4. The molecule has 0 unspecified atom stereocenters. The predicted octanol–water partition coefficient (Wildman–Crippen LogP) is -0.305. The second-order valence-electron chi connectivity index (χ2n) is 5.80. The van der Waals surface area contributed by atoms with Gasteiger partial charge in [-0.2, -0.15) is 4.31 Å². The summed E-state index contributed by atoms with van der Waals surface area (Å²) in [4.78, 5) is 25.5. The molecule has 1 aliphatic heterocycles. The molecule has 1 atom stereocenters. The van der Waals surface area contributed by atoms with Crippen LogP contribution in [0.4, 0.5) is 0 Å². The van der Waals surface area contributed by atoms with E-state index in [2.05, 4.69) is 10.6 Å². The highest BCUT2D eigenvalue weighted by Crippen LogP contribution is 2.21. The predicted molar refractivity (Wildman–Crippen MR) is 95.8 cm³/mol. The first-order valence-electron chi connectivity index (χ1n) is 8.17. The summed E-state index contributed by atoms with van der Waals surface area (Å²) in [5.74, 6) is -0.462. The Balaban J connectivity index is 1.80. The molecule has 2 heterocycles. The quantitative estimate of drug-likeness (QED) is 0.668. The molecule has 1 aliphatic rings. The van der Waals surface area contributed by atoms with Crippen molar-refractivity contribution in [3.05, 3.63) is 17.5 Å². The van der Waals surface area contributed by atoms with E-state index in [1.54, 1.807) is 24.4 Å². The summed E-state index contributed by atoms with van der Waals surface area (Å²) in [6.07, 6.45) is 0. The number of carbonyl (C=O) groups is 2. The number of carbonyl (C=O) groups excluding carboxylic acids is 2. The summed E-state index contributed by atoms with van der Waals surface area (Å²) in [6, 6.07) is 2.73. The van der Waals surface area contributed by atoms with E-state index < -0.39 is 16.1 Å². The van der Waals surface area contributed by atoms with Crippen molar-refractivity contribution >= 4 is 33.2 Å². The Labute approximate surface area is 152 Å². The summed E-state index contributed by atoms with van der Waals surface area (Å²) in [5.41, 5.74) is 0. The highest BCUT2D eigenvalue weighted by atomic mass is 32.2. The SMILES string of the molecule is CCNC(=O)[C@H](C)NC(=O)CN1CCN(S(=O)(=O)c2cccs2)CC1. The Morgan fingerprint density at radius 1 is 1.28 bits per heavy atom. The van der Waals surface area contributed by atoms with E-state index >= 15 is 0 Å². The zero-order chi connectivity index (χ0) is 18.4. The third-order valence-corrected chi connectivity index (χ3v) is 7.18. The summed E-state index contributed by atoms with van der Waals surface area (Å²) in [5, 5.41) is 7.04. The van der Waals surface area contributed by atoms with E-state index in [0.717, 1.165) is 0 Å². The number of rotatable bonds is 7. The van der Waals surface area contributed by atoms with Crippen LogP contribution < -0.4 is 10.6 Å². The van der Waals surface area contributed by atoms with Gasteiger partial charge in [-0.3, -0.25) is 14.5 Å². The maximum Gasteiger partial charge on any atom is 0.252 e. The largest absolute Gasteiger partial charge is 0.355 e. The lowest BCUT2D eigenvalue weighted by Crippen LogP contribution is -2.53. The number of nitrogens with zero attached hydrogens (tertiary/aromatic N) is 2. The number of hydrogen-bond donors (Lipinski definition) is 2. The Kier molecular flexibility index (Phi) is 6.94. The molecule has 2 amide bonds. The molecule has 2 rings (SSSR count). The summed E-state index contributed by atoms with van der Waals surface area (Å²) < 4.78 is 26.7. The average Bonchev–Trinajstić information content (AvgIpc) is 3.10. The minimum atomic E-state index is -3.44. The fraction of sp³-hybridized carbons (Fsp3) is 0.600. The van der Waals surface area contributed by atoms with Crippen molar-refractivity contribution in [3.8, 4) is 0 Å². The van der Waals surface area contributed by atoms with Crippen molar-refractivity contribution < 1.29 is 18.0 Å². The van der Waals surface area contributed by atoms with Crippen molar-refractivity contribution in [2.75, 3.05) is 39.3 Å². The van der Waals surface area contributed by atoms with E-state index in [9.17, 15) is 18.0 Å². The lowest BCUT2D eigenvalue weighted by molar-refractivity contribution is -0.129. The third-order valence-electron chi connectivity index (χ3n) is 3.91. The van der Waals surface area contributed by atoms with Gasteiger partial charge in [0.05, 0.1) is 6.54 Å². The maximum atomic E-state index is 12.5. The van der Waals surface area contributed by atoms with E-state index in [1.807, 2.05) is 11.8 Å². The average molecular weight is 389 g/mol. The van der Waals surface area contributed by atoms with Gasteiger partial charge in [0.25, 0.3) is 10.0 Å². The molecular formula is C15H24N4O4S2. The second kappa shape index (κ2) is 8.75. The minimum Gasteiger partial charge on any atom is -0.355 e. The normalized spacial score (nSPS) is 17.8. The number of sulfonamides is 1. The van der Waals surface area contributed by atoms with Crippen molar-refractivity contribution in [1.29, 1.82) is 0 Å². The highest BCUT2D eigenvalue weighted by Gasteiger charge is 2.29. The number of thiophene rings is 1. The standard InChI is InChI=1S/C15H24N4O4S2/c1-3-16-15(21)12(2)17-13(20)11-18-6-8-19(9-7-18)25(22,23)14-5-4-10-24-14/h4-5,10,12H,3,6-9,11H2,1-2H3,(H,16,21)(H,17,20)/t12-/m0/s1. The van der Waals surface area contributed by atoms with Gasteiger partial charge in [0.2, 0.25) is 11.8 Å². The molecule has 0 bridgehead atoms.